The average Bonchev–Trinajstić information content (AvgIpc) is 3.41. The largest absolute Gasteiger partial charge is 0.466 e. The van der Waals surface area contributed by atoms with Crippen LogP contribution in [0.5, 0.6) is 0 Å². The van der Waals surface area contributed by atoms with Gasteiger partial charge in [0, 0.05) is 12.8 Å². The number of carbonyl (C=O) groups is 2. The molecule has 0 saturated carbocycles. The molecule has 0 aromatic carbocycles. The minimum Gasteiger partial charge on any atom is -0.466 e. The first kappa shape index (κ1) is 73.9. The van der Waals surface area contributed by atoms with Crippen molar-refractivity contribution < 1.29 is 24.5 Å². The summed E-state index contributed by atoms with van der Waals surface area (Å²) in [6.07, 6.45) is 78.6. The predicted molar refractivity (Wildman–Crippen MR) is 329 cm³/mol. The van der Waals surface area contributed by atoms with Gasteiger partial charge in [-0.15, -0.1) is 0 Å². The molecule has 0 aliphatic carbocycles. The first-order chi connectivity index (χ1) is 37.0. The highest BCUT2D eigenvalue weighted by atomic mass is 16.5. The summed E-state index contributed by atoms with van der Waals surface area (Å²) in [5.74, 6) is -0.00647. The Morgan fingerprint density at radius 2 is 0.547 bits per heavy atom. The molecule has 0 aromatic heterocycles. The Labute approximate surface area is 470 Å². The summed E-state index contributed by atoms with van der Waals surface area (Å²) in [6.45, 7) is 5.00. The van der Waals surface area contributed by atoms with Crippen LogP contribution in [-0.2, 0) is 14.3 Å². The number of rotatable bonds is 66. The SMILES string of the molecule is CCCCCCCCCCCCCCCCCCCCC(O)C(CO)NC(=O)CCCCCCCCCCCCCCCCCCCCCCCCCCCCCCOC(=O)CCCCCCCCCCCCCC. The molecule has 0 heterocycles. The van der Waals surface area contributed by atoms with Crippen molar-refractivity contribution in [2.75, 3.05) is 13.2 Å². The maximum atomic E-state index is 12.5. The molecule has 0 aliphatic rings. The topological polar surface area (TPSA) is 95.9 Å². The third-order valence-electron chi connectivity index (χ3n) is 16.7. The van der Waals surface area contributed by atoms with Gasteiger partial charge in [0.1, 0.15) is 0 Å². The van der Waals surface area contributed by atoms with Crippen molar-refractivity contribution in [3.8, 4) is 0 Å². The summed E-state index contributed by atoms with van der Waals surface area (Å²) in [4.78, 5) is 24.6. The highest BCUT2D eigenvalue weighted by Crippen LogP contribution is 2.19. The average molecular weight is 1060 g/mol. The number of hydrogen-bond acceptors (Lipinski definition) is 5. The lowest BCUT2D eigenvalue weighted by Gasteiger charge is -2.22. The Morgan fingerprint density at radius 3 is 0.813 bits per heavy atom. The van der Waals surface area contributed by atoms with E-state index in [4.69, 9.17) is 4.74 Å². The molecule has 2 unspecified atom stereocenters. The lowest BCUT2D eigenvalue weighted by atomic mass is 10.0. The number of carbonyl (C=O) groups excluding carboxylic acids is 2. The van der Waals surface area contributed by atoms with E-state index >= 15 is 0 Å². The number of amides is 1. The van der Waals surface area contributed by atoms with Gasteiger partial charge in [0.25, 0.3) is 0 Å². The van der Waals surface area contributed by atoms with Crippen molar-refractivity contribution in [1.29, 1.82) is 0 Å². The van der Waals surface area contributed by atoms with Crippen molar-refractivity contribution >= 4 is 11.9 Å². The van der Waals surface area contributed by atoms with Gasteiger partial charge in [0.2, 0.25) is 5.91 Å². The smallest absolute Gasteiger partial charge is 0.305 e. The Bertz CT molecular complexity index is 1080. The second kappa shape index (κ2) is 65.4. The van der Waals surface area contributed by atoms with Crippen LogP contribution in [0.15, 0.2) is 0 Å². The van der Waals surface area contributed by atoms with Gasteiger partial charge in [-0.25, -0.2) is 0 Å². The van der Waals surface area contributed by atoms with E-state index in [1.54, 1.807) is 0 Å². The predicted octanol–water partition coefficient (Wildman–Crippen LogP) is 22.2. The molecular weight excluding hydrogens is 923 g/mol. The van der Waals surface area contributed by atoms with Crippen molar-refractivity contribution in [1.82, 2.24) is 5.32 Å². The zero-order valence-corrected chi connectivity index (χ0v) is 51.3. The second-order valence-corrected chi connectivity index (χ2v) is 24.2. The maximum Gasteiger partial charge on any atom is 0.305 e. The lowest BCUT2D eigenvalue weighted by Crippen LogP contribution is -2.45. The molecule has 3 N–H and O–H groups in total. The molecule has 0 spiro atoms. The molecule has 0 bridgehead atoms. The van der Waals surface area contributed by atoms with Crippen molar-refractivity contribution in [3.05, 3.63) is 0 Å². The summed E-state index contributed by atoms with van der Waals surface area (Å²) in [5, 5.41) is 23.4. The van der Waals surface area contributed by atoms with E-state index in [0.717, 1.165) is 38.5 Å². The molecule has 0 rings (SSSR count). The van der Waals surface area contributed by atoms with E-state index in [0.29, 0.717) is 25.9 Å². The molecule has 6 heteroatoms. The highest BCUT2D eigenvalue weighted by molar-refractivity contribution is 5.76. The molecule has 0 radical (unpaired) electrons. The van der Waals surface area contributed by atoms with Gasteiger partial charge in [0.15, 0.2) is 0 Å². The van der Waals surface area contributed by atoms with Crippen molar-refractivity contribution in [2.24, 2.45) is 0 Å². The number of unbranched alkanes of at least 4 members (excludes halogenated alkanes) is 55. The van der Waals surface area contributed by atoms with Crippen LogP contribution >= 0.6 is 0 Å². The Balaban J connectivity index is 3.33. The number of ether oxygens (including phenoxy) is 1. The van der Waals surface area contributed by atoms with Gasteiger partial charge in [-0.1, -0.05) is 367 Å². The van der Waals surface area contributed by atoms with Crippen LogP contribution in [0.4, 0.5) is 0 Å². The first-order valence-electron chi connectivity index (χ1n) is 34.8. The van der Waals surface area contributed by atoms with Gasteiger partial charge >= 0.3 is 5.97 Å². The molecule has 2 atom stereocenters. The maximum absolute atomic E-state index is 12.5. The molecule has 0 aromatic rings. The number of aliphatic hydroxyl groups is 2. The van der Waals surface area contributed by atoms with Crippen LogP contribution in [0.2, 0.25) is 0 Å². The van der Waals surface area contributed by atoms with Crippen molar-refractivity contribution in [2.45, 2.75) is 418 Å². The van der Waals surface area contributed by atoms with E-state index in [9.17, 15) is 19.8 Å². The van der Waals surface area contributed by atoms with Crippen LogP contribution in [-0.4, -0.2) is 47.4 Å². The van der Waals surface area contributed by atoms with Crippen LogP contribution in [0.1, 0.15) is 406 Å². The van der Waals surface area contributed by atoms with Crippen LogP contribution in [0, 0.1) is 0 Å². The Morgan fingerprint density at radius 1 is 0.320 bits per heavy atom. The standard InChI is InChI=1S/C69H137NO5/c1-3-5-7-9-11-13-15-17-18-19-32-35-38-41-45-49-53-57-61-67(72)66(65-71)70-68(73)62-58-54-50-46-42-39-36-33-30-28-26-24-22-20-21-23-25-27-29-31-34-37-40-44-48-52-56-60-64-75-69(74)63-59-55-51-47-43-16-14-12-10-8-6-4-2/h66-67,71-72H,3-65H2,1-2H3,(H,70,73). The van der Waals surface area contributed by atoms with Crippen LogP contribution in [0.25, 0.3) is 0 Å². The van der Waals surface area contributed by atoms with E-state index in [1.807, 2.05) is 0 Å². The minimum atomic E-state index is -0.661. The fourth-order valence-corrected chi connectivity index (χ4v) is 11.4. The summed E-state index contributed by atoms with van der Waals surface area (Å²) >= 11 is 0. The molecule has 75 heavy (non-hydrogen) atoms. The number of esters is 1. The molecule has 0 fully saturated rings. The Hall–Kier alpha value is -1.14. The fraction of sp³-hybridized carbons (Fsp3) is 0.971. The normalized spacial score (nSPS) is 12.4. The molecule has 0 saturated heterocycles. The second-order valence-electron chi connectivity index (χ2n) is 24.2. The van der Waals surface area contributed by atoms with E-state index < -0.39 is 12.1 Å². The third-order valence-corrected chi connectivity index (χ3v) is 16.7. The minimum absolute atomic E-state index is 0.0207. The zero-order chi connectivity index (χ0) is 54.3. The molecule has 1 amide bonds. The third kappa shape index (κ3) is 61.9. The van der Waals surface area contributed by atoms with Crippen LogP contribution < -0.4 is 5.32 Å². The monoisotopic (exact) mass is 1060 g/mol. The fourth-order valence-electron chi connectivity index (χ4n) is 11.4. The van der Waals surface area contributed by atoms with Gasteiger partial charge in [-0.05, 0) is 25.7 Å². The molecule has 0 aliphatic heterocycles. The summed E-state index contributed by atoms with van der Waals surface area (Å²) in [7, 11) is 0. The van der Waals surface area contributed by atoms with Gasteiger partial charge in [-0.3, -0.25) is 9.59 Å². The zero-order valence-electron chi connectivity index (χ0n) is 51.3. The summed E-state index contributed by atoms with van der Waals surface area (Å²) in [6, 6.07) is -0.538. The van der Waals surface area contributed by atoms with Gasteiger partial charge in [-0.2, -0.15) is 0 Å². The summed E-state index contributed by atoms with van der Waals surface area (Å²) < 4.78 is 5.48. The Kier molecular flexibility index (Phi) is 64.4. The molecule has 448 valence electrons. The highest BCUT2D eigenvalue weighted by Gasteiger charge is 2.20. The van der Waals surface area contributed by atoms with Gasteiger partial charge < -0.3 is 20.3 Å². The van der Waals surface area contributed by atoms with Crippen molar-refractivity contribution in [3.63, 3.8) is 0 Å². The number of nitrogens with one attached hydrogen (secondary N) is 1. The molecule has 6 nitrogen and oxygen atoms in total. The lowest BCUT2D eigenvalue weighted by molar-refractivity contribution is -0.143. The molecular formula is C69H137NO5. The van der Waals surface area contributed by atoms with E-state index in [1.165, 1.54) is 334 Å². The summed E-state index contributed by atoms with van der Waals surface area (Å²) in [5.41, 5.74) is 0. The number of hydrogen-bond donors (Lipinski definition) is 3. The van der Waals surface area contributed by atoms with Crippen LogP contribution in [0.3, 0.4) is 0 Å². The van der Waals surface area contributed by atoms with E-state index in [-0.39, 0.29) is 18.5 Å². The van der Waals surface area contributed by atoms with E-state index in [2.05, 4.69) is 19.2 Å². The number of aliphatic hydroxyl groups excluding tert-OH is 2. The first-order valence-corrected chi connectivity index (χ1v) is 34.8. The van der Waals surface area contributed by atoms with Gasteiger partial charge in [0.05, 0.1) is 25.4 Å². The quantitative estimate of drug-likeness (QED) is 0.0417.